The fourth-order valence-electron chi connectivity index (χ4n) is 7.85. The van der Waals surface area contributed by atoms with Crippen LogP contribution in [0.3, 0.4) is 0 Å². The van der Waals surface area contributed by atoms with E-state index in [1.54, 1.807) is 0 Å². The molecule has 5 fully saturated rings. The zero-order valence-electron chi connectivity index (χ0n) is 21.0. The average molecular weight is 466 g/mol. The number of nitrogens with zero attached hydrogens (tertiary/aromatic N) is 1. The Morgan fingerprint density at radius 3 is 2.18 bits per heavy atom. The van der Waals surface area contributed by atoms with Crippen molar-refractivity contribution in [1.29, 1.82) is 0 Å². The summed E-state index contributed by atoms with van der Waals surface area (Å²) in [5.41, 5.74) is 2.66. The SMILES string of the molecule is CN(CCCCCCCNc1ccc(C2CCC(=O)NC2=O)cc1)C12CC3CC(CC(C3)C1)C2. The van der Waals surface area contributed by atoms with Crippen molar-refractivity contribution in [2.45, 2.75) is 94.9 Å². The van der Waals surface area contributed by atoms with E-state index in [4.69, 9.17) is 0 Å². The highest BCUT2D eigenvalue weighted by atomic mass is 16.2. The molecule has 6 rings (SSSR count). The second kappa shape index (κ2) is 10.4. The van der Waals surface area contributed by atoms with Gasteiger partial charge in [0.25, 0.3) is 0 Å². The Morgan fingerprint density at radius 2 is 1.53 bits per heavy atom. The van der Waals surface area contributed by atoms with Crippen LogP contribution in [0.15, 0.2) is 24.3 Å². The van der Waals surface area contributed by atoms with Gasteiger partial charge in [0.2, 0.25) is 11.8 Å². The maximum Gasteiger partial charge on any atom is 0.234 e. The maximum atomic E-state index is 12.0. The van der Waals surface area contributed by atoms with Crippen molar-refractivity contribution in [3.05, 3.63) is 29.8 Å². The van der Waals surface area contributed by atoms with Crippen LogP contribution in [0.5, 0.6) is 0 Å². The molecule has 1 aromatic carbocycles. The monoisotopic (exact) mass is 465 g/mol. The molecule has 1 unspecified atom stereocenters. The molecule has 1 heterocycles. The van der Waals surface area contributed by atoms with Crippen molar-refractivity contribution in [3.63, 3.8) is 0 Å². The predicted molar refractivity (Wildman–Crippen MR) is 137 cm³/mol. The van der Waals surface area contributed by atoms with Crippen molar-refractivity contribution in [2.75, 3.05) is 25.5 Å². The van der Waals surface area contributed by atoms with Crippen LogP contribution in [-0.2, 0) is 9.59 Å². The van der Waals surface area contributed by atoms with Crippen LogP contribution in [0.1, 0.15) is 95.0 Å². The summed E-state index contributed by atoms with van der Waals surface area (Å²) in [6, 6.07) is 8.14. The number of rotatable bonds is 11. The average Bonchev–Trinajstić information content (AvgIpc) is 2.80. The van der Waals surface area contributed by atoms with Crippen LogP contribution in [0.2, 0.25) is 0 Å². The highest BCUT2D eigenvalue weighted by Gasteiger charge is 2.52. The molecular formula is C29H43N3O2. The van der Waals surface area contributed by atoms with Gasteiger partial charge in [-0.1, -0.05) is 31.4 Å². The lowest BCUT2D eigenvalue weighted by atomic mass is 9.52. The minimum atomic E-state index is -0.200. The third kappa shape index (κ3) is 5.35. The standard InChI is InChI=1S/C29H43N3O2/c1-32(29-18-21-15-22(19-29)17-23(16-21)20-29)14-6-4-2-3-5-13-30-25-9-7-24(8-10-25)26-11-12-27(33)31-28(26)34/h7-10,21-23,26,30H,2-6,11-20H2,1H3,(H,31,33,34). The molecule has 5 heteroatoms. The third-order valence-electron chi connectivity index (χ3n) is 9.37. The quantitative estimate of drug-likeness (QED) is 0.336. The molecule has 4 saturated carbocycles. The van der Waals surface area contributed by atoms with Gasteiger partial charge in [-0.2, -0.15) is 0 Å². The second-order valence-electron chi connectivity index (χ2n) is 11.9. The van der Waals surface area contributed by atoms with Crippen molar-refractivity contribution >= 4 is 17.5 Å². The Hall–Kier alpha value is -1.88. The van der Waals surface area contributed by atoms with E-state index in [0.717, 1.165) is 35.5 Å². The van der Waals surface area contributed by atoms with Crippen molar-refractivity contribution < 1.29 is 9.59 Å². The number of hydrogen-bond acceptors (Lipinski definition) is 4. The van der Waals surface area contributed by atoms with Crippen LogP contribution in [0.25, 0.3) is 0 Å². The van der Waals surface area contributed by atoms with Crippen molar-refractivity contribution in [1.82, 2.24) is 10.2 Å². The highest BCUT2D eigenvalue weighted by molar-refractivity contribution is 6.00. The predicted octanol–water partition coefficient (Wildman–Crippen LogP) is 5.47. The molecule has 4 bridgehead atoms. The smallest absolute Gasteiger partial charge is 0.234 e. The number of amides is 2. The largest absolute Gasteiger partial charge is 0.385 e. The van der Waals surface area contributed by atoms with E-state index in [9.17, 15) is 9.59 Å². The third-order valence-corrected chi connectivity index (χ3v) is 9.37. The molecule has 0 aromatic heterocycles. The number of carbonyl (C=O) groups is 2. The Kier molecular flexibility index (Phi) is 7.29. The van der Waals surface area contributed by atoms with Crippen molar-refractivity contribution in [3.8, 4) is 0 Å². The molecule has 1 atom stereocenters. The minimum Gasteiger partial charge on any atom is -0.385 e. The summed E-state index contributed by atoms with van der Waals surface area (Å²) in [6.45, 7) is 2.27. The molecule has 2 amide bonds. The highest BCUT2D eigenvalue weighted by Crippen LogP contribution is 2.57. The fourth-order valence-corrected chi connectivity index (χ4v) is 7.85. The topological polar surface area (TPSA) is 61.4 Å². The van der Waals surface area contributed by atoms with Gasteiger partial charge in [-0.25, -0.2) is 0 Å². The molecule has 2 N–H and O–H groups in total. The molecule has 1 aromatic rings. The van der Waals surface area contributed by atoms with E-state index >= 15 is 0 Å². The minimum absolute atomic E-state index is 0.158. The molecule has 4 aliphatic carbocycles. The van der Waals surface area contributed by atoms with Crippen LogP contribution in [-0.4, -0.2) is 42.4 Å². The number of nitrogens with one attached hydrogen (secondary N) is 2. The van der Waals surface area contributed by atoms with Gasteiger partial charge in [0.05, 0.1) is 5.92 Å². The van der Waals surface area contributed by atoms with Crippen LogP contribution >= 0.6 is 0 Å². The molecule has 0 radical (unpaired) electrons. The summed E-state index contributed by atoms with van der Waals surface area (Å²) in [6.07, 6.45) is 16.6. The fraction of sp³-hybridized carbons (Fsp3) is 0.724. The number of piperidine rings is 1. The first-order valence-corrected chi connectivity index (χ1v) is 13.9. The molecule has 1 aliphatic heterocycles. The number of benzene rings is 1. The van der Waals surface area contributed by atoms with E-state index in [2.05, 4.69) is 34.7 Å². The van der Waals surface area contributed by atoms with Gasteiger partial charge in [0.15, 0.2) is 0 Å². The number of anilines is 1. The molecular weight excluding hydrogens is 422 g/mol. The molecule has 186 valence electrons. The zero-order chi connectivity index (χ0) is 23.5. The Labute approximate surface area is 205 Å². The van der Waals surface area contributed by atoms with Crippen LogP contribution in [0, 0.1) is 17.8 Å². The van der Waals surface area contributed by atoms with Gasteiger partial charge in [0.1, 0.15) is 0 Å². The summed E-state index contributed by atoms with van der Waals surface area (Å²) < 4.78 is 0. The number of imide groups is 1. The maximum absolute atomic E-state index is 12.0. The van der Waals surface area contributed by atoms with E-state index < -0.39 is 0 Å². The lowest BCUT2D eigenvalue weighted by molar-refractivity contribution is -0.134. The number of unbranched alkanes of at least 4 members (excludes halogenated alkanes) is 4. The van der Waals surface area contributed by atoms with Gasteiger partial charge in [0, 0.05) is 24.2 Å². The van der Waals surface area contributed by atoms with Crippen LogP contribution in [0.4, 0.5) is 5.69 Å². The number of hydrogen-bond donors (Lipinski definition) is 2. The molecule has 0 spiro atoms. The van der Waals surface area contributed by atoms with Gasteiger partial charge in [-0.15, -0.1) is 0 Å². The number of carbonyl (C=O) groups excluding carboxylic acids is 2. The zero-order valence-corrected chi connectivity index (χ0v) is 21.0. The van der Waals surface area contributed by atoms with E-state index in [1.807, 2.05) is 12.1 Å². The summed E-state index contributed by atoms with van der Waals surface area (Å²) in [5.74, 6) is 2.59. The first-order chi connectivity index (χ1) is 16.5. The summed E-state index contributed by atoms with van der Waals surface area (Å²) in [7, 11) is 2.42. The molecule has 5 nitrogen and oxygen atoms in total. The van der Waals surface area contributed by atoms with E-state index in [0.29, 0.717) is 18.4 Å². The molecule has 34 heavy (non-hydrogen) atoms. The van der Waals surface area contributed by atoms with Crippen molar-refractivity contribution in [2.24, 2.45) is 17.8 Å². The molecule has 1 saturated heterocycles. The van der Waals surface area contributed by atoms with E-state index in [-0.39, 0.29) is 17.7 Å². The Morgan fingerprint density at radius 1 is 0.912 bits per heavy atom. The second-order valence-corrected chi connectivity index (χ2v) is 11.9. The lowest BCUT2D eigenvalue weighted by Crippen LogP contribution is -2.58. The Balaban J connectivity index is 0.942. The normalized spacial score (nSPS) is 32.3. The Bertz CT molecular complexity index is 829. The molecule has 5 aliphatic rings. The van der Waals surface area contributed by atoms with Gasteiger partial charge >= 0.3 is 0 Å². The van der Waals surface area contributed by atoms with Gasteiger partial charge in [-0.3, -0.25) is 14.9 Å². The first kappa shape index (κ1) is 23.8. The summed E-state index contributed by atoms with van der Waals surface area (Å²) in [4.78, 5) is 26.1. The summed E-state index contributed by atoms with van der Waals surface area (Å²) >= 11 is 0. The van der Waals surface area contributed by atoms with Crippen LogP contribution < -0.4 is 10.6 Å². The summed E-state index contributed by atoms with van der Waals surface area (Å²) in [5, 5.41) is 5.96. The van der Waals surface area contributed by atoms with E-state index in [1.165, 1.54) is 77.2 Å². The lowest BCUT2D eigenvalue weighted by Gasteiger charge is -2.60. The first-order valence-electron chi connectivity index (χ1n) is 13.9. The van der Waals surface area contributed by atoms with Gasteiger partial charge < -0.3 is 10.2 Å². The van der Waals surface area contributed by atoms with Gasteiger partial charge in [-0.05, 0) is 107 Å².